The average molecular weight is 183 g/mol. The summed E-state index contributed by atoms with van der Waals surface area (Å²) in [6, 6.07) is 0. The van der Waals surface area contributed by atoms with E-state index in [2.05, 4.69) is 5.10 Å². The topological polar surface area (TPSA) is 17.8 Å². The highest BCUT2D eigenvalue weighted by atomic mass is 35.5. The van der Waals surface area contributed by atoms with Gasteiger partial charge in [0.1, 0.15) is 0 Å². The summed E-state index contributed by atoms with van der Waals surface area (Å²) in [6.45, 7) is -5.02. The van der Waals surface area contributed by atoms with Crippen LogP contribution in [0.15, 0.2) is 6.20 Å². The van der Waals surface area contributed by atoms with Gasteiger partial charge in [0.05, 0.1) is 5.15 Å². The molecule has 7 heteroatoms. The first-order valence-corrected chi connectivity index (χ1v) is 3.18. The maximum atomic E-state index is 12.0. The zero-order chi connectivity index (χ0) is 8.65. The van der Waals surface area contributed by atoms with E-state index < -0.39 is 12.4 Å². The number of aryl methyl sites for hydroxylation is 1. The molecule has 1 aromatic rings. The van der Waals surface area contributed by atoms with Gasteiger partial charge in [-0.05, 0) is 0 Å². The minimum absolute atomic E-state index is 0.363. The second kappa shape index (κ2) is 2.44. The van der Waals surface area contributed by atoms with Gasteiger partial charge in [-0.15, -0.1) is 0 Å². The van der Waals surface area contributed by atoms with Gasteiger partial charge in [0, 0.05) is 13.2 Å². The molecular weight excluding hydrogens is 179 g/mol. The molecule has 11 heavy (non-hydrogen) atoms. The van der Waals surface area contributed by atoms with Crippen molar-refractivity contribution in [3.63, 3.8) is 0 Å². The van der Waals surface area contributed by atoms with Crippen molar-refractivity contribution in [2.45, 2.75) is 0 Å². The molecular formula is C4H4BClF3N2-. The third kappa shape index (κ3) is 1.50. The van der Waals surface area contributed by atoms with E-state index in [0.717, 1.165) is 10.9 Å². The summed E-state index contributed by atoms with van der Waals surface area (Å²) in [5.41, 5.74) is -0.839. The molecule has 0 atom stereocenters. The normalized spacial score (nSPS) is 12.1. The van der Waals surface area contributed by atoms with E-state index in [1.165, 1.54) is 7.05 Å². The summed E-state index contributed by atoms with van der Waals surface area (Å²) in [5.74, 6) is 0. The molecule has 1 rings (SSSR count). The summed E-state index contributed by atoms with van der Waals surface area (Å²) in [5, 5.41) is 3.00. The van der Waals surface area contributed by atoms with E-state index in [-0.39, 0.29) is 5.15 Å². The van der Waals surface area contributed by atoms with Crippen LogP contribution >= 0.6 is 11.6 Å². The van der Waals surface area contributed by atoms with Gasteiger partial charge in [0.15, 0.2) is 0 Å². The molecule has 0 saturated heterocycles. The molecule has 0 bridgehead atoms. The zero-order valence-corrected chi connectivity index (χ0v) is 6.32. The Labute approximate surface area is 66.0 Å². The molecule has 0 aliphatic rings. The minimum Gasteiger partial charge on any atom is -0.445 e. The lowest BCUT2D eigenvalue weighted by atomic mass is 9.83. The summed E-state index contributed by atoms with van der Waals surface area (Å²) >= 11 is 5.29. The lowest BCUT2D eigenvalue weighted by Crippen LogP contribution is -2.33. The third-order valence-electron chi connectivity index (χ3n) is 1.24. The molecule has 0 fully saturated rings. The van der Waals surface area contributed by atoms with Gasteiger partial charge in [-0.1, -0.05) is 17.1 Å². The maximum absolute atomic E-state index is 12.0. The standard InChI is InChI=1S/C4H4BClF3N2/c1-11-4(6)3(2-10-11)5(7,8)9/h2H,1H3/q-1. The number of hydrogen-bond donors (Lipinski definition) is 0. The van der Waals surface area contributed by atoms with Crippen molar-refractivity contribution in [3.8, 4) is 0 Å². The molecule has 0 unspecified atom stereocenters. The Bertz CT molecular complexity index is 269. The minimum atomic E-state index is -5.02. The first-order valence-electron chi connectivity index (χ1n) is 2.80. The second-order valence-electron chi connectivity index (χ2n) is 2.09. The number of halogens is 4. The van der Waals surface area contributed by atoms with Crippen LogP contribution in [0.5, 0.6) is 0 Å². The highest BCUT2D eigenvalue weighted by molar-refractivity contribution is 6.75. The molecule has 0 aliphatic carbocycles. The Morgan fingerprint density at radius 2 is 2.09 bits per heavy atom. The average Bonchev–Trinajstić information content (AvgIpc) is 2.11. The molecule has 2 nitrogen and oxygen atoms in total. The summed E-state index contributed by atoms with van der Waals surface area (Å²) in [6.07, 6.45) is 0.725. The van der Waals surface area contributed by atoms with Crippen LogP contribution in [0.1, 0.15) is 0 Å². The van der Waals surface area contributed by atoms with Gasteiger partial charge in [-0.2, -0.15) is 5.10 Å². The molecule has 0 saturated carbocycles. The summed E-state index contributed by atoms with van der Waals surface area (Å²) < 4.78 is 36.9. The highest BCUT2D eigenvalue weighted by Crippen LogP contribution is 2.14. The number of aromatic nitrogens is 2. The molecule has 0 aromatic carbocycles. The SMILES string of the molecule is Cn1ncc([B-](F)(F)F)c1Cl. The van der Waals surface area contributed by atoms with Crippen molar-refractivity contribution >= 4 is 24.0 Å². The molecule has 62 valence electrons. The molecule has 0 amide bonds. The first-order chi connectivity index (χ1) is 4.93. The van der Waals surface area contributed by atoms with E-state index in [1.54, 1.807) is 0 Å². The van der Waals surface area contributed by atoms with Gasteiger partial charge >= 0.3 is 6.98 Å². The Kier molecular flexibility index (Phi) is 1.88. The fourth-order valence-electron chi connectivity index (χ4n) is 0.659. The van der Waals surface area contributed by atoms with Crippen molar-refractivity contribution in [2.24, 2.45) is 7.05 Å². The fourth-order valence-corrected chi connectivity index (χ4v) is 0.875. The van der Waals surface area contributed by atoms with Gasteiger partial charge in [0.25, 0.3) is 0 Å². The van der Waals surface area contributed by atoms with Crippen molar-refractivity contribution in [1.82, 2.24) is 9.78 Å². The fraction of sp³-hybridized carbons (Fsp3) is 0.250. The van der Waals surface area contributed by atoms with E-state index in [4.69, 9.17) is 11.6 Å². The maximum Gasteiger partial charge on any atom is 0.514 e. The number of hydrogen-bond acceptors (Lipinski definition) is 1. The van der Waals surface area contributed by atoms with E-state index in [0.29, 0.717) is 0 Å². The van der Waals surface area contributed by atoms with Crippen molar-refractivity contribution in [1.29, 1.82) is 0 Å². The van der Waals surface area contributed by atoms with Crippen LogP contribution in [-0.4, -0.2) is 16.8 Å². The van der Waals surface area contributed by atoms with E-state index in [1.807, 2.05) is 0 Å². The molecule has 0 spiro atoms. The Hall–Kier alpha value is -0.645. The Morgan fingerprint density at radius 1 is 1.55 bits per heavy atom. The summed E-state index contributed by atoms with van der Waals surface area (Å²) in [4.78, 5) is 0. The molecule has 0 radical (unpaired) electrons. The largest absolute Gasteiger partial charge is 0.514 e. The van der Waals surface area contributed by atoms with Gasteiger partial charge < -0.3 is 12.9 Å². The zero-order valence-electron chi connectivity index (χ0n) is 5.56. The third-order valence-corrected chi connectivity index (χ3v) is 1.71. The van der Waals surface area contributed by atoms with Crippen LogP contribution < -0.4 is 5.46 Å². The number of nitrogens with zero attached hydrogens (tertiary/aromatic N) is 2. The second-order valence-corrected chi connectivity index (χ2v) is 2.45. The van der Waals surface area contributed by atoms with Crippen LogP contribution in [0.3, 0.4) is 0 Å². The lowest BCUT2D eigenvalue weighted by Gasteiger charge is -2.11. The lowest BCUT2D eigenvalue weighted by molar-refractivity contribution is 0.501. The van der Waals surface area contributed by atoms with Crippen molar-refractivity contribution in [3.05, 3.63) is 11.3 Å². The molecule has 1 heterocycles. The van der Waals surface area contributed by atoms with Crippen LogP contribution in [0.2, 0.25) is 5.15 Å². The smallest absolute Gasteiger partial charge is 0.445 e. The molecule has 0 N–H and O–H groups in total. The van der Waals surface area contributed by atoms with Gasteiger partial charge in [-0.25, -0.2) is 0 Å². The quantitative estimate of drug-likeness (QED) is 0.597. The predicted molar refractivity (Wildman–Crippen MR) is 36.9 cm³/mol. The van der Waals surface area contributed by atoms with Gasteiger partial charge in [0.2, 0.25) is 0 Å². The van der Waals surface area contributed by atoms with Gasteiger partial charge in [-0.3, -0.25) is 4.68 Å². The van der Waals surface area contributed by atoms with Crippen molar-refractivity contribution in [2.75, 3.05) is 0 Å². The van der Waals surface area contributed by atoms with Crippen molar-refractivity contribution < 1.29 is 12.9 Å². The van der Waals surface area contributed by atoms with Crippen LogP contribution in [0, 0.1) is 0 Å². The number of rotatable bonds is 1. The monoisotopic (exact) mass is 183 g/mol. The summed E-state index contributed by atoms with van der Waals surface area (Å²) in [7, 11) is 1.35. The van der Waals surface area contributed by atoms with Crippen LogP contribution in [0.4, 0.5) is 12.9 Å². The van der Waals surface area contributed by atoms with E-state index >= 15 is 0 Å². The van der Waals surface area contributed by atoms with Crippen LogP contribution in [-0.2, 0) is 7.05 Å². The predicted octanol–water partition coefficient (Wildman–Crippen LogP) is 1.13. The molecule has 1 aromatic heterocycles. The van der Waals surface area contributed by atoms with Crippen LogP contribution in [0.25, 0.3) is 0 Å². The van der Waals surface area contributed by atoms with E-state index in [9.17, 15) is 12.9 Å². The molecule has 0 aliphatic heterocycles. The highest BCUT2D eigenvalue weighted by Gasteiger charge is 2.30. The Morgan fingerprint density at radius 3 is 2.27 bits per heavy atom. The first kappa shape index (κ1) is 8.45. The Balaban J connectivity index is 3.15.